The largest absolute Gasteiger partial charge is 0.395 e. The third-order valence-corrected chi connectivity index (χ3v) is 2.92. The number of carbonyl (C=O) groups excluding carboxylic acids is 1. The Morgan fingerprint density at radius 1 is 1.37 bits per heavy atom. The van der Waals surface area contributed by atoms with E-state index >= 15 is 0 Å². The fourth-order valence-corrected chi connectivity index (χ4v) is 1.96. The summed E-state index contributed by atoms with van der Waals surface area (Å²) in [6.45, 7) is 2.75. The molecule has 0 atom stereocenters. The molecule has 0 saturated carbocycles. The Labute approximate surface area is 112 Å². The maximum absolute atomic E-state index is 12.5. The summed E-state index contributed by atoms with van der Waals surface area (Å²) in [5, 5.41) is 13.2. The molecule has 0 aliphatic heterocycles. The molecule has 0 aliphatic rings. The van der Waals surface area contributed by atoms with Crippen LogP contribution < -0.4 is 0 Å². The van der Waals surface area contributed by atoms with Gasteiger partial charge in [0.25, 0.3) is 5.91 Å². The standard InChI is InChI=1S/C14H17N3O2/c1-2-16(10-11-18)14(19)12-6-3-4-7-13(12)17-9-5-8-15-17/h3-9,18H,2,10-11H2,1H3. The van der Waals surface area contributed by atoms with Crippen molar-refractivity contribution in [1.82, 2.24) is 14.7 Å². The molecular formula is C14H17N3O2. The van der Waals surface area contributed by atoms with Crippen molar-refractivity contribution in [3.63, 3.8) is 0 Å². The van der Waals surface area contributed by atoms with Crippen molar-refractivity contribution in [3.8, 4) is 5.69 Å². The number of rotatable bonds is 5. The zero-order chi connectivity index (χ0) is 13.7. The molecule has 19 heavy (non-hydrogen) atoms. The summed E-state index contributed by atoms with van der Waals surface area (Å²) < 4.78 is 1.67. The van der Waals surface area contributed by atoms with Gasteiger partial charge in [0.1, 0.15) is 0 Å². The van der Waals surface area contributed by atoms with Gasteiger partial charge in [-0.1, -0.05) is 12.1 Å². The lowest BCUT2D eigenvalue weighted by atomic mass is 10.1. The number of aliphatic hydroxyl groups excluding tert-OH is 1. The highest BCUT2D eigenvalue weighted by molar-refractivity contribution is 5.97. The second-order valence-corrected chi connectivity index (χ2v) is 4.08. The normalized spacial score (nSPS) is 10.4. The fourth-order valence-electron chi connectivity index (χ4n) is 1.96. The van der Waals surface area contributed by atoms with E-state index in [9.17, 15) is 4.79 Å². The Morgan fingerprint density at radius 3 is 2.79 bits per heavy atom. The van der Waals surface area contributed by atoms with Gasteiger partial charge in [-0.05, 0) is 25.1 Å². The predicted molar refractivity (Wildman–Crippen MR) is 72.2 cm³/mol. The molecule has 0 aliphatic carbocycles. The second kappa shape index (κ2) is 6.15. The number of aromatic nitrogens is 2. The van der Waals surface area contributed by atoms with E-state index in [4.69, 9.17) is 5.11 Å². The molecule has 0 unspecified atom stereocenters. The van der Waals surface area contributed by atoms with E-state index in [1.807, 2.05) is 31.2 Å². The SMILES string of the molecule is CCN(CCO)C(=O)c1ccccc1-n1cccn1. The fraction of sp³-hybridized carbons (Fsp3) is 0.286. The number of hydrogen-bond acceptors (Lipinski definition) is 3. The summed E-state index contributed by atoms with van der Waals surface area (Å²) in [7, 11) is 0. The van der Waals surface area contributed by atoms with Crippen LogP contribution in [-0.2, 0) is 0 Å². The minimum Gasteiger partial charge on any atom is -0.395 e. The molecule has 5 heteroatoms. The molecule has 0 saturated heterocycles. The van der Waals surface area contributed by atoms with Crippen molar-refractivity contribution >= 4 is 5.91 Å². The summed E-state index contributed by atoms with van der Waals surface area (Å²) in [5.41, 5.74) is 1.33. The van der Waals surface area contributed by atoms with E-state index in [1.165, 1.54) is 0 Å². The average Bonchev–Trinajstić information content (AvgIpc) is 2.98. The molecule has 1 amide bonds. The monoisotopic (exact) mass is 259 g/mol. The first-order valence-corrected chi connectivity index (χ1v) is 6.27. The van der Waals surface area contributed by atoms with Gasteiger partial charge < -0.3 is 10.0 Å². The molecule has 1 aromatic carbocycles. The highest BCUT2D eigenvalue weighted by atomic mass is 16.3. The molecule has 0 bridgehead atoms. The van der Waals surface area contributed by atoms with Gasteiger partial charge in [-0.3, -0.25) is 4.79 Å². The quantitative estimate of drug-likeness (QED) is 0.881. The van der Waals surface area contributed by atoms with Crippen molar-refractivity contribution in [2.45, 2.75) is 6.92 Å². The van der Waals surface area contributed by atoms with Crippen LogP contribution in [-0.4, -0.2) is 45.4 Å². The Balaban J connectivity index is 2.37. The van der Waals surface area contributed by atoms with Crippen LogP contribution in [0.3, 0.4) is 0 Å². The molecule has 1 N–H and O–H groups in total. The molecule has 0 spiro atoms. The number of nitrogens with zero attached hydrogens (tertiary/aromatic N) is 3. The molecule has 2 rings (SSSR count). The van der Waals surface area contributed by atoms with Crippen LogP contribution in [0.2, 0.25) is 0 Å². The van der Waals surface area contributed by atoms with Crippen LogP contribution in [0.1, 0.15) is 17.3 Å². The topological polar surface area (TPSA) is 58.4 Å². The Hall–Kier alpha value is -2.14. The smallest absolute Gasteiger partial charge is 0.256 e. The molecular weight excluding hydrogens is 242 g/mol. The molecule has 100 valence electrons. The molecule has 1 heterocycles. The number of hydrogen-bond donors (Lipinski definition) is 1. The van der Waals surface area contributed by atoms with Gasteiger partial charge in [-0.25, -0.2) is 4.68 Å². The summed E-state index contributed by atoms with van der Waals surface area (Å²) in [5.74, 6) is -0.0948. The van der Waals surface area contributed by atoms with Gasteiger partial charge >= 0.3 is 0 Å². The average molecular weight is 259 g/mol. The van der Waals surface area contributed by atoms with Gasteiger partial charge in [-0.15, -0.1) is 0 Å². The van der Waals surface area contributed by atoms with Crippen LogP contribution in [0.5, 0.6) is 0 Å². The van der Waals surface area contributed by atoms with E-state index in [2.05, 4.69) is 5.10 Å². The van der Waals surface area contributed by atoms with Crippen molar-refractivity contribution in [2.75, 3.05) is 19.7 Å². The van der Waals surface area contributed by atoms with Crippen LogP contribution in [0, 0.1) is 0 Å². The molecule has 5 nitrogen and oxygen atoms in total. The summed E-state index contributed by atoms with van der Waals surface area (Å²) >= 11 is 0. The number of carbonyl (C=O) groups is 1. The van der Waals surface area contributed by atoms with Crippen molar-refractivity contribution in [1.29, 1.82) is 0 Å². The lowest BCUT2D eigenvalue weighted by Crippen LogP contribution is -2.34. The maximum atomic E-state index is 12.5. The molecule has 2 aromatic rings. The highest BCUT2D eigenvalue weighted by Crippen LogP contribution is 2.15. The highest BCUT2D eigenvalue weighted by Gasteiger charge is 2.17. The zero-order valence-electron chi connectivity index (χ0n) is 10.9. The Kier molecular flexibility index (Phi) is 4.30. The van der Waals surface area contributed by atoms with Crippen molar-refractivity contribution in [2.24, 2.45) is 0 Å². The molecule has 0 radical (unpaired) electrons. The van der Waals surface area contributed by atoms with E-state index < -0.39 is 0 Å². The van der Waals surface area contributed by atoms with Crippen LogP contribution in [0.4, 0.5) is 0 Å². The third kappa shape index (κ3) is 2.82. The van der Waals surface area contributed by atoms with Crippen molar-refractivity contribution < 1.29 is 9.90 Å². The van der Waals surface area contributed by atoms with Crippen LogP contribution in [0.25, 0.3) is 5.69 Å². The van der Waals surface area contributed by atoms with Crippen molar-refractivity contribution in [3.05, 3.63) is 48.3 Å². The first-order valence-electron chi connectivity index (χ1n) is 6.27. The van der Waals surface area contributed by atoms with Crippen LogP contribution in [0.15, 0.2) is 42.7 Å². The summed E-state index contributed by atoms with van der Waals surface area (Å²) in [4.78, 5) is 14.1. The van der Waals surface area contributed by atoms with E-state index in [0.717, 1.165) is 5.69 Å². The Morgan fingerprint density at radius 2 is 2.16 bits per heavy atom. The second-order valence-electron chi connectivity index (χ2n) is 4.08. The zero-order valence-corrected chi connectivity index (χ0v) is 10.9. The first-order chi connectivity index (χ1) is 9.27. The van der Waals surface area contributed by atoms with Gasteiger partial charge in [0, 0.05) is 25.5 Å². The first kappa shape index (κ1) is 13.3. The number of benzene rings is 1. The summed E-state index contributed by atoms with van der Waals surface area (Å²) in [6.07, 6.45) is 3.47. The summed E-state index contributed by atoms with van der Waals surface area (Å²) in [6, 6.07) is 9.14. The maximum Gasteiger partial charge on any atom is 0.256 e. The van der Waals surface area contributed by atoms with E-state index in [0.29, 0.717) is 18.7 Å². The van der Waals surface area contributed by atoms with Gasteiger partial charge in [0.2, 0.25) is 0 Å². The lowest BCUT2D eigenvalue weighted by molar-refractivity contribution is 0.0732. The third-order valence-electron chi connectivity index (χ3n) is 2.92. The van der Waals surface area contributed by atoms with Gasteiger partial charge in [-0.2, -0.15) is 5.10 Å². The van der Waals surface area contributed by atoms with E-state index in [-0.39, 0.29) is 12.5 Å². The number of para-hydroxylation sites is 1. The molecule has 0 fully saturated rings. The predicted octanol–water partition coefficient (Wildman–Crippen LogP) is 1.33. The lowest BCUT2D eigenvalue weighted by Gasteiger charge is -2.21. The molecule has 1 aromatic heterocycles. The number of amides is 1. The van der Waals surface area contributed by atoms with Gasteiger partial charge in [0.15, 0.2) is 0 Å². The van der Waals surface area contributed by atoms with E-state index in [1.54, 1.807) is 28.0 Å². The van der Waals surface area contributed by atoms with Gasteiger partial charge in [0.05, 0.1) is 17.9 Å². The number of aliphatic hydroxyl groups is 1. The minimum atomic E-state index is -0.0948. The minimum absolute atomic E-state index is 0.0382. The Bertz CT molecular complexity index is 537. The number of likely N-dealkylation sites (N-methyl/N-ethyl adjacent to an activating group) is 1. The van der Waals surface area contributed by atoms with Crippen LogP contribution >= 0.6 is 0 Å².